The number of aliphatic hydroxyl groups excluding tert-OH is 1. The smallest absolute Gasteiger partial charge is 0.305 e. The maximum atomic E-state index is 11.8. The monoisotopic (exact) mass is 519 g/mol. The first-order valence-electron chi connectivity index (χ1n) is 15.6. The lowest BCUT2D eigenvalue weighted by atomic mass is 9.43. The lowest BCUT2D eigenvalue weighted by molar-refractivity contribution is -0.170. The first-order chi connectivity index (χ1) is 17.8. The van der Waals surface area contributed by atoms with Gasteiger partial charge in [0, 0.05) is 12.5 Å². The Kier molecular flexibility index (Phi) is 10.0. The van der Waals surface area contributed by atoms with Gasteiger partial charge >= 0.3 is 5.97 Å². The average Bonchev–Trinajstić information content (AvgIpc) is 3.26. The van der Waals surface area contributed by atoms with E-state index in [0.29, 0.717) is 41.5 Å². The molecule has 0 radical (unpaired) electrons. The number of methoxy groups -OCH3 is 1. The zero-order valence-corrected chi connectivity index (χ0v) is 24.3. The molecule has 4 aliphatic rings. The topological polar surface area (TPSA) is 96.6 Å². The van der Waals surface area contributed by atoms with Crippen LogP contribution in [0.4, 0.5) is 0 Å². The third-order valence-electron chi connectivity index (χ3n) is 12.1. The molecule has 5 unspecified atom stereocenters. The summed E-state index contributed by atoms with van der Waals surface area (Å²) in [5.74, 6) is 3.69. The molecule has 0 saturated heterocycles. The molecule has 4 rings (SSSR count). The van der Waals surface area contributed by atoms with Crippen LogP contribution in [0, 0.1) is 46.3 Å². The largest absolute Gasteiger partial charge is 0.469 e. The third kappa shape index (κ3) is 5.93. The molecule has 0 heterocycles. The van der Waals surface area contributed by atoms with Gasteiger partial charge in [-0.1, -0.05) is 20.8 Å². The predicted octanol–water partition coefficient (Wildman–Crippen LogP) is 4.49. The molecule has 5 N–H and O–H groups in total. The molecular formula is C31H57N3O3. The Morgan fingerprint density at radius 2 is 1.84 bits per heavy atom. The molecule has 10 atom stereocenters. The van der Waals surface area contributed by atoms with E-state index in [-0.39, 0.29) is 17.5 Å². The van der Waals surface area contributed by atoms with Crippen molar-refractivity contribution in [2.45, 2.75) is 110 Å². The summed E-state index contributed by atoms with van der Waals surface area (Å²) >= 11 is 0. The van der Waals surface area contributed by atoms with Crippen molar-refractivity contribution in [3.8, 4) is 0 Å². The number of aliphatic hydroxyl groups is 1. The Balaban J connectivity index is 1.34. The maximum absolute atomic E-state index is 11.8. The van der Waals surface area contributed by atoms with Crippen LogP contribution >= 0.6 is 0 Å². The second-order valence-electron chi connectivity index (χ2n) is 13.7. The Hall–Kier alpha value is -0.690. The van der Waals surface area contributed by atoms with Crippen molar-refractivity contribution in [3.63, 3.8) is 0 Å². The highest BCUT2D eigenvalue weighted by Crippen LogP contribution is 2.68. The molecule has 37 heavy (non-hydrogen) atoms. The number of rotatable bonds is 12. The molecule has 0 aromatic heterocycles. The first kappa shape index (κ1) is 29.3. The number of fused-ring (bicyclic) bond motifs is 5. The van der Waals surface area contributed by atoms with Crippen LogP contribution in [0.25, 0.3) is 0 Å². The van der Waals surface area contributed by atoms with Crippen LogP contribution in [0.2, 0.25) is 0 Å². The van der Waals surface area contributed by atoms with Gasteiger partial charge in [-0.25, -0.2) is 0 Å². The van der Waals surface area contributed by atoms with Crippen molar-refractivity contribution in [1.29, 1.82) is 0 Å². The van der Waals surface area contributed by atoms with Crippen molar-refractivity contribution in [1.82, 2.24) is 10.6 Å². The second-order valence-corrected chi connectivity index (χ2v) is 13.7. The van der Waals surface area contributed by atoms with Crippen LogP contribution < -0.4 is 16.4 Å². The van der Waals surface area contributed by atoms with Gasteiger partial charge in [0.2, 0.25) is 0 Å². The van der Waals surface area contributed by atoms with Crippen LogP contribution in [0.5, 0.6) is 0 Å². The minimum absolute atomic E-state index is 0.00313. The van der Waals surface area contributed by atoms with Gasteiger partial charge < -0.3 is 26.2 Å². The number of carbonyl (C=O) groups is 1. The first-order valence-corrected chi connectivity index (χ1v) is 15.6. The van der Waals surface area contributed by atoms with Gasteiger partial charge in [-0.3, -0.25) is 4.79 Å². The maximum Gasteiger partial charge on any atom is 0.305 e. The zero-order chi connectivity index (χ0) is 26.6. The van der Waals surface area contributed by atoms with E-state index in [4.69, 9.17) is 10.5 Å². The van der Waals surface area contributed by atoms with E-state index in [9.17, 15) is 9.90 Å². The van der Waals surface area contributed by atoms with Crippen LogP contribution in [-0.2, 0) is 9.53 Å². The summed E-state index contributed by atoms with van der Waals surface area (Å²) in [6, 6.07) is 0.656. The fourth-order valence-electron chi connectivity index (χ4n) is 9.89. The van der Waals surface area contributed by atoms with Gasteiger partial charge in [0.1, 0.15) is 0 Å². The third-order valence-corrected chi connectivity index (χ3v) is 12.1. The Bertz CT molecular complexity index is 749. The van der Waals surface area contributed by atoms with Crippen LogP contribution in [0.3, 0.4) is 0 Å². The van der Waals surface area contributed by atoms with Crippen molar-refractivity contribution >= 4 is 5.97 Å². The number of hydrogen-bond donors (Lipinski definition) is 4. The predicted molar refractivity (Wildman–Crippen MR) is 150 cm³/mol. The standard InChI is InChI=1S/C31H57N3O3/c1-21(7-12-29(36)37-4)25-10-11-26-24-9-8-22-19-23(34-18-6-17-33-16-5-15-32)13-14-30(22,2)27(24)20-28(35)31(25,26)3/h21-28,33-35H,5-20,32H2,1-4H3/t21-,22?,23+,24?,25?,26?,27?,28+,30+,31-/m1/s1. The fraction of sp³-hybridized carbons (Fsp3) is 0.968. The molecule has 6 nitrogen and oxygen atoms in total. The normalized spacial score (nSPS) is 41.9. The van der Waals surface area contributed by atoms with Crippen LogP contribution in [0.1, 0.15) is 97.8 Å². The van der Waals surface area contributed by atoms with Gasteiger partial charge in [-0.2, -0.15) is 0 Å². The van der Waals surface area contributed by atoms with Gasteiger partial charge in [-0.05, 0) is 143 Å². The lowest BCUT2D eigenvalue weighted by Crippen LogP contribution is -2.59. The van der Waals surface area contributed by atoms with E-state index in [1.807, 2.05) is 0 Å². The molecule has 6 heteroatoms. The van der Waals surface area contributed by atoms with Crippen molar-refractivity contribution in [2.24, 2.45) is 52.1 Å². The SMILES string of the molecule is COC(=O)CC[C@@H](C)C1CCC2C3CCC4C[C@@H](NCCCNCCCN)CC[C@]4(C)C3C[C@H](O)[C@@]21C. The average molecular weight is 520 g/mol. The summed E-state index contributed by atoms with van der Waals surface area (Å²) in [5, 5.41) is 19.2. The molecule has 4 aliphatic carbocycles. The highest BCUT2D eigenvalue weighted by atomic mass is 16.5. The summed E-state index contributed by atoms with van der Waals surface area (Å²) in [6.07, 6.45) is 13.4. The quantitative estimate of drug-likeness (QED) is 0.224. The zero-order valence-electron chi connectivity index (χ0n) is 24.3. The minimum atomic E-state index is -0.218. The Morgan fingerprint density at radius 1 is 1.05 bits per heavy atom. The van der Waals surface area contributed by atoms with Gasteiger partial charge in [-0.15, -0.1) is 0 Å². The fourth-order valence-corrected chi connectivity index (χ4v) is 9.89. The highest BCUT2D eigenvalue weighted by Gasteiger charge is 2.63. The molecule has 0 spiro atoms. The number of nitrogens with one attached hydrogen (secondary N) is 2. The van der Waals surface area contributed by atoms with Crippen molar-refractivity contribution < 1.29 is 14.6 Å². The number of carbonyl (C=O) groups excluding carboxylic acids is 1. The Morgan fingerprint density at radius 3 is 2.59 bits per heavy atom. The second kappa shape index (κ2) is 12.7. The molecule has 4 saturated carbocycles. The number of esters is 1. The lowest BCUT2D eigenvalue weighted by Gasteiger charge is -2.62. The molecule has 0 aromatic rings. The number of hydrogen-bond acceptors (Lipinski definition) is 6. The van der Waals surface area contributed by atoms with Crippen molar-refractivity contribution in [2.75, 3.05) is 33.3 Å². The molecule has 4 fully saturated rings. The van der Waals surface area contributed by atoms with E-state index >= 15 is 0 Å². The van der Waals surface area contributed by atoms with E-state index in [1.165, 1.54) is 58.5 Å². The van der Waals surface area contributed by atoms with E-state index < -0.39 is 0 Å². The van der Waals surface area contributed by atoms with Gasteiger partial charge in [0.05, 0.1) is 13.2 Å². The molecule has 0 aliphatic heterocycles. The summed E-state index contributed by atoms with van der Waals surface area (Å²) in [7, 11) is 1.48. The van der Waals surface area contributed by atoms with E-state index in [1.54, 1.807) is 0 Å². The summed E-state index contributed by atoms with van der Waals surface area (Å²) in [4.78, 5) is 11.8. The van der Waals surface area contributed by atoms with E-state index in [0.717, 1.165) is 57.3 Å². The molecule has 214 valence electrons. The summed E-state index contributed by atoms with van der Waals surface area (Å²) in [6.45, 7) is 11.3. The van der Waals surface area contributed by atoms with E-state index in [2.05, 4.69) is 31.4 Å². The summed E-state index contributed by atoms with van der Waals surface area (Å²) in [5.41, 5.74) is 5.95. The number of nitrogens with two attached hydrogens (primary N) is 1. The molecule has 0 aromatic carbocycles. The van der Waals surface area contributed by atoms with Gasteiger partial charge in [0.25, 0.3) is 0 Å². The minimum Gasteiger partial charge on any atom is -0.469 e. The molecular weight excluding hydrogens is 462 g/mol. The van der Waals surface area contributed by atoms with Crippen LogP contribution in [-0.4, -0.2) is 56.5 Å². The molecule has 0 amide bonds. The highest BCUT2D eigenvalue weighted by molar-refractivity contribution is 5.69. The Labute approximate surface area is 226 Å². The number of ether oxygens (including phenoxy) is 1. The summed E-state index contributed by atoms with van der Waals surface area (Å²) < 4.78 is 4.90. The van der Waals surface area contributed by atoms with Gasteiger partial charge in [0.15, 0.2) is 0 Å². The van der Waals surface area contributed by atoms with Crippen molar-refractivity contribution in [3.05, 3.63) is 0 Å². The van der Waals surface area contributed by atoms with Crippen LogP contribution in [0.15, 0.2) is 0 Å². The molecule has 0 bridgehead atoms.